The third kappa shape index (κ3) is 2.07. The number of nitriles is 1. The summed E-state index contributed by atoms with van der Waals surface area (Å²) in [5.74, 6) is 0. The van der Waals surface area contributed by atoms with Crippen LogP contribution in [0.4, 0.5) is 8.78 Å². The molecule has 0 saturated carbocycles. The first-order valence-electron chi connectivity index (χ1n) is 3.75. The van der Waals surface area contributed by atoms with Crippen LogP contribution in [0, 0.1) is 11.3 Å². The lowest BCUT2D eigenvalue weighted by Gasteiger charge is -2.05. The van der Waals surface area contributed by atoms with E-state index in [2.05, 4.69) is 5.14 Å². The minimum atomic E-state index is -4.53. The summed E-state index contributed by atoms with van der Waals surface area (Å²) in [6.07, 6.45) is -2.51. The van der Waals surface area contributed by atoms with Crippen molar-refractivity contribution in [3.8, 4) is 6.07 Å². The van der Waals surface area contributed by atoms with Gasteiger partial charge in [0.15, 0.2) is 4.90 Å². The first kappa shape index (κ1) is 12.3. The zero-order valence-electron chi connectivity index (χ0n) is 7.57. The smallest absolute Gasteiger partial charge is 0.269 e. The lowest BCUT2D eigenvalue weighted by molar-refractivity contribution is 0.150. The Bertz CT molecular complexity index is 615. The van der Waals surface area contributed by atoms with Gasteiger partial charge in [0.05, 0.1) is 11.1 Å². The van der Waals surface area contributed by atoms with E-state index in [1.165, 1.54) is 6.07 Å². The number of aromatic amines is 1. The van der Waals surface area contributed by atoms with Crippen molar-refractivity contribution in [3.05, 3.63) is 27.7 Å². The van der Waals surface area contributed by atoms with Crippen molar-refractivity contribution in [1.82, 2.24) is 4.98 Å². The Morgan fingerprint density at radius 3 is 2.44 bits per heavy atom. The van der Waals surface area contributed by atoms with E-state index in [0.29, 0.717) is 6.20 Å². The van der Waals surface area contributed by atoms with Crippen molar-refractivity contribution in [3.63, 3.8) is 0 Å². The van der Waals surface area contributed by atoms with Gasteiger partial charge < -0.3 is 4.98 Å². The Morgan fingerprint density at radius 1 is 1.50 bits per heavy atom. The van der Waals surface area contributed by atoms with Crippen molar-refractivity contribution in [1.29, 1.82) is 5.26 Å². The molecule has 0 aliphatic carbocycles. The van der Waals surface area contributed by atoms with Gasteiger partial charge in [0.25, 0.3) is 12.0 Å². The van der Waals surface area contributed by atoms with Crippen molar-refractivity contribution >= 4 is 10.0 Å². The summed E-state index contributed by atoms with van der Waals surface area (Å²) in [4.78, 5) is 11.7. The first-order chi connectivity index (χ1) is 7.29. The second-order valence-electron chi connectivity index (χ2n) is 2.73. The maximum Gasteiger partial charge on any atom is 0.269 e. The maximum absolute atomic E-state index is 12.4. The fraction of sp³-hybridized carbons (Fsp3) is 0.143. The fourth-order valence-corrected chi connectivity index (χ4v) is 1.85. The summed E-state index contributed by atoms with van der Waals surface area (Å²) < 4.78 is 46.8. The molecule has 0 amide bonds. The topological polar surface area (TPSA) is 117 Å². The minimum absolute atomic E-state index is 0.584. The van der Waals surface area contributed by atoms with Gasteiger partial charge in [-0.05, 0) is 0 Å². The summed E-state index contributed by atoms with van der Waals surface area (Å²) in [6.45, 7) is 0. The van der Waals surface area contributed by atoms with Crippen LogP contribution in [0.1, 0.15) is 17.6 Å². The van der Waals surface area contributed by atoms with Crippen LogP contribution in [0.25, 0.3) is 0 Å². The van der Waals surface area contributed by atoms with E-state index in [1.54, 1.807) is 4.98 Å². The Balaban J connectivity index is 3.81. The molecule has 1 aromatic rings. The molecule has 9 heteroatoms. The molecule has 3 N–H and O–H groups in total. The number of nitrogens with zero attached hydrogens (tertiary/aromatic N) is 1. The van der Waals surface area contributed by atoms with E-state index >= 15 is 0 Å². The number of halogens is 2. The van der Waals surface area contributed by atoms with Gasteiger partial charge in [0.2, 0.25) is 10.0 Å². The van der Waals surface area contributed by atoms with Gasteiger partial charge in [0, 0.05) is 6.20 Å². The van der Waals surface area contributed by atoms with E-state index < -0.39 is 38.0 Å². The van der Waals surface area contributed by atoms with Crippen LogP contribution in [0.2, 0.25) is 0 Å². The molecule has 0 bridgehead atoms. The number of sulfonamides is 1. The number of hydrogen-bond acceptors (Lipinski definition) is 4. The van der Waals surface area contributed by atoms with Gasteiger partial charge in [-0.2, -0.15) is 5.26 Å². The van der Waals surface area contributed by atoms with Gasteiger partial charge in [-0.25, -0.2) is 22.3 Å². The van der Waals surface area contributed by atoms with Crippen LogP contribution in [-0.2, 0) is 10.0 Å². The monoisotopic (exact) mass is 249 g/mol. The Kier molecular flexibility index (Phi) is 3.06. The summed E-state index contributed by atoms with van der Waals surface area (Å²) in [5, 5.41) is 13.2. The van der Waals surface area contributed by atoms with Crippen molar-refractivity contribution in [2.75, 3.05) is 0 Å². The minimum Gasteiger partial charge on any atom is -0.327 e. The molecule has 1 heterocycles. The molecule has 0 saturated heterocycles. The Labute approximate surface area is 88.4 Å². The van der Waals surface area contributed by atoms with Gasteiger partial charge in [-0.3, -0.25) is 4.79 Å². The van der Waals surface area contributed by atoms with E-state index in [4.69, 9.17) is 5.26 Å². The molecule has 0 aliphatic heterocycles. The number of nitrogens with one attached hydrogen (secondary N) is 1. The Hall–Kier alpha value is -1.79. The zero-order chi connectivity index (χ0) is 12.5. The molecule has 1 rings (SSSR count). The highest BCUT2D eigenvalue weighted by Crippen LogP contribution is 2.23. The summed E-state index contributed by atoms with van der Waals surface area (Å²) in [6, 6.07) is 1.23. The van der Waals surface area contributed by atoms with E-state index in [0.717, 1.165) is 0 Å². The van der Waals surface area contributed by atoms with Crippen LogP contribution in [0.5, 0.6) is 0 Å². The number of aromatic nitrogens is 1. The highest BCUT2D eigenvalue weighted by molar-refractivity contribution is 7.89. The van der Waals surface area contributed by atoms with Crippen LogP contribution in [0.3, 0.4) is 0 Å². The number of pyridine rings is 1. The van der Waals surface area contributed by atoms with Crippen molar-refractivity contribution in [2.24, 2.45) is 5.14 Å². The molecule has 86 valence electrons. The predicted octanol–water partition coefficient (Wildman–Crippen LogP) is -0.168. The van der Waals surface area contributed by atoms with Gasteiger partial charge in [-0.1, -0.05) is 0 Å². The molecule has 0 aromatic carbocycles. The molecule has 0 fully saturated rings. The molecule has 0 spiro atoms. The average Bonchev–Trinajstić information content (AvgIpc) is 2.14. The van der Waals surface area contributed by atoms with Gasteiger partial charge in [-0.15, -0.1) is 0 Å². The van der Waals surface area contributed by atoms with Crippen molar-refractivity contribution < 1.29 is 17.2 Å². The molecular weight excluding hydrogens is 244 g/mol. The summed E-state index contributed by atoms with van der Waals surface area (Å²) in [7, 11) is -4.53. The number of hydrogen-bond donors (Lipinski definition) is 2. The number of H-pyrrole nitrogens is 1. The van der Waals surface area contributed by atoms with Crippen molar-refractivity contribution in [2.45, 2.75) is 11.3 Å². The lowest BCUT2D eigenvalue weighted by Crippen LogP contribution is -2.25. The fourth-order valence-electron chi connectivity index (χ4n) is 1.08. The predicted molar refractivity (Wildman–Crippen MR) is 48.1 cm³/mol. The SMILES string of the molecule is N#Cc1c(C(F)F)c[nH]c(=O)c1S(N)(=O)=O. The largest absolute Gasteiger partial charge is 0.327 e. The molecule has 0 aliphatic rings. The van der Waals surface area contributed by atoms with Crippen LogP contribution in [0.15, 0.2) is 15.9 Å². The van der Waals surface area contributed by atoms with E-state index in [-0.39, 0.29) is 0 Å². The average molecular weight is 249 g/mol. The number of nitrogens with two attached hydrogens (primary N) is 1. The molecule has 6 nitrogen and oxygen atoms in total. The molecular formula is C7H5F2N3O3S. The second-order valence-corrected chi connectivity index (χ2v) is 4.23. The van der Waals surface area contributed by atoms with E-state index in [9.17, 15) is 22.0 Å². The number of alkyl halides is 2. The highest BCUT2D eigenvalue weighted by atomic mass is 32.2. The quantitative estimate of drug-likeness (QED) is 0.756. The van der Waals surface area contributed by atoms with Crippen LogP contribution in [-0.4, -0.2) is 13.4 Å². The Morgan fingerprint density at radius 2 is 2.06 bits per heavy atom. The van der Waals surface area contributed by atoms with Gasteiger partial charge in [0.1, 0.15) is 6.07 Å². The molecule has 1 aromatic heterocycles. The highest BCUT2D eigenvalue weighted by Gasteiger charge is 2.25. The molecule has 16 heavy (non-hydrogen) atoms. The van der Waals surface area contributed by atoms with Crippen LogP contribution < -0.4 is 10.7 Å². The normalized spacial score (nSPS) is 11.4. The number of rotatable bonds is 2. The lowest BCUT2D eigenvalue weighted by atomic mass is 10.1. The first-order valence-corrected chi connectivity index (χ1v) is 5.30. The third-order valence-electron chi connectivity index (χ3n) is 1.71. The maximum atomic E-state index is 12.4. The molecule has 0 unspecified atom stereocenters. The summed E-state index contributed by atoms with van der Waals surface area (Å²) >= 11 is 0. The second kappa shape index (κ2) is 3.99. The van der Waals surface area contributed by atoms with Crippen LogP contribution >= 0.6 is 0 Å². The molecule has 0 atom stereocenters. The zero-order valence-corrected chi connectivity index (χ0v) is 8.38. The summed E-state index contributed by atoms with van der Waals surface area (Å²) in [5.41, 5.74) is -3.02. The standard InChI is InChI=1S/C7H5F2N3O3S/c8-6(9)4-2-12-7(13)5(3(4)1-10)16(11,14)15/h2,6H,(H,12,13)(H2,11,14,15). The molecule has 0 radical (unpaired) electrons. The number of primary sulfonamides is 1. The van der Waals surface area contributed by atoms with E-state index in [1.807, 2.05) is 0 Å². The van der Waals surface area contributed by atoms with Gasteiger partial charge >= 0.3 is 0 Å². The third-order valence-corrected chi connectivity index (χ3v) is 2.67.